The summed E-state index contributed by atoms with van der Waals surface area (Å²) in [5.74, 6) is 0. The number of nitrogens with one attached hydrogen (secondary N) is 2. The van der Waals surface area contributed by atoms with Crippen LogP contribution < -0.4 is 10.1 Å². The van der Waals surface area contributed by atoms with Crippen LogP contribution in [0, 0.1) is 13.8 Å². The van der Waals surface area contributed by atoms with E-state index in [1.54, 1.807) is 20.2 Å². The van der Waals surface area contributed by atoms with Crippen molar-refractivity contribution >= 4 is 10.0 Å². The SMILES string of the molecule is Cc1cc(C)c(S(=O)(=O)NN(C)C)cc1CNC1CC1. The molecule has 1 aliphatic carbocycles. The molecule has 2 rings (SSSR count). The Morgan fingerprint density at radius 1 is 1.20 bits per heavy atom. The molecular formula is C14H23N3O2S. The molecule has 0 bridgehead atoms. The fourth-order valence-corrected chi connectivity index (χ4v) is 3.55. The number of rotatable bonds is 6. The standard InChI is InChI=1S/C14H23N3O2S/c1-10-7-11(2)14(20(18,19)16-17(3)4)8-12(10)9-15-13-5-6-13/h7-8,13,15-16H,5-6,9H2,1-4H3. The first-order valence-electron chi connectivity index (χ1n) is 6.83. The third-order valence-corrected chi connectivity index (χ3v) is 5.01. The van der Waals surface area contributed by atoms with Crippen molar-refractivity contribution < 1.29 is 8.42 Å². The Kier molecular flexibility index (Phi) is 4.49. The van der Waals surface area contributed by atoms with Gasteiger partial charge in [0.25, 0.3) is 10.0 Å². The Morgan fingerprint density at radius 3 is 2.40 bits per heavy atom. The van der Waals surface area contributed by atoms with Crippen LogP contribution in [0.3, 0.4) is 0 Å². The number of hydrazine groups is 1. The predicted octanol–water partition coefficient (Wildman–Crippen LogP) is 1.31. The molecule has 20 heavy (non-hydrogen) atoms. The summed E-state index contributed by atoms with van der Waals surface area (Å²) >= 11 is 0. The molecule has 1 saturated carbocycles. The highest BCUT2D eigenvalue weighted by Gasteiger charge is 2.22. The van der Waals surface area contributed by atoms with Gasteiger partial charge in [0.1, 0.15) is 0 Å². The number of nitrogens with zero attached hydrogens (tertiary/aromatic N) is 1. The molecule has 5 nitrogen and oxygen atoms in total. The van der Waals surface area contributed by atoms with E-state index < -0.39 is 10.0 Å². The second-order valence-electron chi connectivity index (χ2n) is 5.69. The summed E-state index contributed by atoms with van der Waals surface area (Å²) in [5, 5.41) is 4.87. The van der Waals surface area contributed by atoms with Crippen molar-refractivity contribution in [3.63, 3.8) is 0 Å². The van der Waals surface area contributed by atoms with E-state index in [1.165, 1.54) is 17.9 Å². The summed E-state index contributed by atoms with van der Waals surface area (Å²) in [6, 6.07) is 4.33. The number of benzene rings is 1. The van der Waals surface area contributed by atoms with Gasteiger partial charge in [0.05, 0.1) is 4.90 Å². The minimum absolute atomic E-state index is 0.351. The molecular weight excluding hydrogens is 274 g/mol. The zero-order valence-corrected chi connectivity index (χ0v) is 13.3. The van der Waals surface area contributed by atoms with Crippen molar-refractivity contribution in [3.8, 4) is 0 Å². The second kappa shape index (κ2) is 5.81. The largest absolute Gasteiger partial charge is 0.310 e. The van der Waals surface area contributed by atoms with Gasteiger partial charge in [0.15, 0.2) is 0 Å². The molecule has 1 aromatic carbocycles. The Bertz CT molecular complexity index is 593. The summed E-state index contributed by atoms with van der Waals surface area (Å²) in [5.41, 5.74) is 2.94. The highest BCUT2D eigenvalue weighted by molar-refractivity contribution is 7.89. The molecule has 2 N–H and O–H groups in total. The summed E-state index contributed by atoms with van der Waals surface area (Å²) in [4.78, 5) is 2.84. The fourth-order valence-electron chi connectivity index (χ4n) is 2.19. The molecule has 0 aliphatic heterocycles. The van der Waals surface area contributed by atoms with Crippen LogP contribution in [0.5, 0.6) is 0 Å². The quantitative estimate of drug-likeness (QED) is 0.777. The van der Waals surface area contributed by atoms with Gasteiger partial charge in [-0.05, 0) is 49.4 Å². The van der Waals surface area contributed by atoms with E-state index in [0.29, 0.717) is 10.9 Å². The molecule has 1 aromatic rings. The fraction of sp³-hybridized carbons (Fsp3) is 0.571. The molecule has 0 aromatic heterocycles. The van der Waals surface area contributed by atoms with Gasteiger partial charge in [-0.25, -0.2) is 13.4 Å². The van der Waals surface area contributed by atoms with Gasteiger partial charge in [-0.3, -0.25) is 0 Å². The average Bonchev–Trinajstić information content (AvgIpc) is 3.09. The molecule has 0 radical (unpaired) electrons. The molecule has 1 aliphatic rings. The maximum atomic E-state index is 12.3. The maximum absolute atomic E-state index is 12.3. The van der Waals surface area contributed by atoms with Gasteiger partial charge in [0, 0.05) is 26.7 Å². The topological polar surface area (TPSA) is 61.4 Å². The van der Waals surface area contributed by atoms with E-state index in [9.17, 15) is 8.42 Å². The Balaban J connectivity index is 2.29. The van der Waals surface area contributed by atoms with Crippen LogP contribution in [-0.4, -0.2) is 33.6 Å². The van der Waals surface area contributed by atoms with E-state index in [4.69, 9.17) is 0 Å². The van der Waals surface area contributed by atoms with Crippen LogP contribution in [0.25, 0.3) is 0 Å². The van der Waals surface area contributed by atoms with E-state index >= 15 is 0 Å². The van der Waals surface area contributed by atoms with Crippen molar-refractivity contribution in [2.45, 2.75) is 44.2 Å². The molecule has 0 atom stereocenters. The van der Waals surface area contributed by atoms with Crippen LogP contribution in [0.4, 0.5) is 0 Å². The molecule has 0 saturated heterocycles. The van der Waals surface area contributed by atoms with E-state index in [1.807, 2.05) is 19.9 Å². The molecule has 0 heterocycles. The van der Waals surface area contributed by atoms with Crippen LogP contribution in [0.15, 0.2) is 17.0 Å². The molecule has 6 heteroatoms. The van der Waals surface area contributed by atoms with Crippen molar-refractivity contribution in [2.75, 3.05) is 14.1 Å². The number of sulfonamides is 1. The zero-order chi connectivity index (χ0) is 14.9. The first-order valence-corrected chi connectivity index (χ1v) is 8.31. The van der Waals surface area contributed by atoms with Gasteiger partial charge in [-0.1, -0.05) is 6.07 Å². The zero-order valence-electron chi connectivity index (χ0n) is 12.5. The lowest BCUT2D eigenvalue weighted by Crippen LogP contribution is -2.36. The number of aryl methyl sites for hydroxylation is 2. The second-order valence-corrected chi connectivity index (χ2v) is 7.32. The summed E-state index contributed by atoms with van der Waals surface area (Å²) in [7, 11) is -0.178. The molecule has 0 amide bonds. The summed E-state index contributed by atoms with van der Waals surface area (Å²) in [6.07, 6.45) is 2.44. The smallest absolute Gasteiger partial charge is 0.253 e. The number of hydrogen-bond acceptors (Lipinski definition) is 4. The average molecular weight is 297 g/mol. The van der Waals surface area contributed by atoms with Crippen LogP contribution >= 0.6 is 0 Å². The first kappa shape index (κ1) is 15.4. The van der Waals surface area contributed by atoms with Gasteiger partial charge >= 0.3 is 0 Å². The molecule has 0 unspecified atom stereocenters. The lowest BCUT2D eigenvalue weighted by Gasteiger charge is -2.16. The van der Waals surface area contributed by atoms with Crippen molar-refractivity contribution in [1.29, 1.82) is 0 Å². The van der Waals surface area contributed by atoms with Crippen molar-refractivity contribution in [2.24, 2.45) is 0 Å². The summed E-state index contributed by atoms with van der Waals surface area (Å²) < 4.78 is 24.6. The minimum atomic E-state index is -3.50. The van der Waals surface area contributed by atoms with Crippen molar-refractivity contribution in [1.82, 2.24) is 15.2 Å². The van der Waals surface area contributed by atoms with Crippen LogP contribution in [-0.2, 0) is 16.6 Å². The third kappa shape index (κ3) is 3.79. The predicted molar refractivity (Wildman–Crippen MR) is 79.8 cm³/mol. The van der Waals surface area contributed by atoms with Gasteiger partial charge < -0.3 is 5.32 Å². The highest BCUT2D eigenvalue weighted by atomic mass is 32.2. The van der Waals surface area contributed by atoms with Crippen LogP contribution in [0.2, 0.25) is 0 Å². The van der Waals surface area contributed by atoms with Gasteiger partial charge in [-0.15, -0.1) is 4.83 Å². The Morgan fingerprint density at radius 2 is 1.85 bits per heavy atom. The van der Waals surface area contributed by atoms with Crippen LogP contribution in [0.1, 0.15) is 29.5 Å². The van der Waals surface area contributed by atoms with Gasteiger partial charge in [-0.2, -0.15) is 0 Å². The molecule has 1 fully saturated rings. The Hall–Kier alpha value is -0.950. The lowest BCUT2D eigenvalue weighted by molar-refractivity contribution is 0.364. The van der Waals surface area contributed by atoms with Gasteiger partial charge in [0.2, 0.25) is 0 Å². The van der Waals surface area contributed by atoms with Crippen molar-refractivity contribution in [3.05, 3.63) is 28.8 Å². The first-order chi connectivity index (χ1) is 9.29. The molecule has 0 spiro atoms. The van der Waals surface area contributed by atoms with E-state index in [2.05, 4.69) is 10.1 Å². The maximum Gasteiger partial charge on any atom is 0.253 e. The lowest BCUT2D eigenvalue weighted by atomic mass is 10.1. The van der Waals surface area contributed by atoms with E-state index in [-0.39, 0.29) is 0 Å². The third-order valence-electron chi connectivity index (χ3n) is 3.38. The highest BCUT2D eigenvalue weighted by Crippen LogP contribution is 2.23. The Labute approximate surface area is 121 Å². The van der Waals surface area contributed by atoms with E-state index in [0.717, 1.165) is 23.2 Å². The normalized spacial score (nSPS) is 15.8. The monoisotopic (exact) mass is 297 g/mol. The molecule has 112 valence electrons. The number of hydrogen-bond donors (Lipinski definition) is 2. The summed E-state index contributed by atoms with van der Waals surface area (Å²) in [6.45, 7) is 4.57. The minimum Gasteiger partial charge on any atom is -0.310 e.